The molecule has 0 N–H and O–H groups in total. The molecule has 2 heterocycles. The Kier molecular flexibility index (Phi) is 3.71. The molecule has 5 nitrogen and oxygen atoms in total. The number of carbonyl (C=O) groups excluding carboxylic acids is 1. The fourth-order valence-electron chi connectivity index (χ4n) is 2.71. The van der Waals surface area contributed by atoms with Gasteiger partial charge in [0.15, 0.2) is 5.13 Å². The first-order valence-electron chi connectivity index (χ1n) is 7.00. The Bertz CT molecular complexity index is 668. The summed E-state index contributed by atoms with van der Waals surface area (Å²) >= 11 is 1.66. The van der Waals surface area contributed by atoms with Gasteiger partial charge in [0.05, 0.1) is 17.7 Å². The molecule has 1 amide bonds. The number of thiazole rings is 1. The van der Waals surface area contributed by atoms with Crippen LogP contribution in [0.5, 0.6) is 5.75 Å². The van der Waals surface area contributed by atoms with Gasteiger partial charge in [-0.2, -0.15) is 0 Å². The Morgan fingerprint density at radius 3 is 3.00 bits per heavy atom. The molecule has 21 heavy (non-hydrogen) atoms. The van der Waals surface area contributed by atoms with Gasteiger partial charge in [0.1, 0.15) is 11.3 Å². The van der Waals surface area contributed by atoms with E-state index in [0.717, 1.165) is 40.6 Å². The molecule has 6 heteroatoms. The fourth-order valence-corrected chi connectivity index (χ4v) is 3.73. The number of methoxy groups -OCH3 is 1. The highest BCUT2D eigenvalue weighted by Gasteiger charge is 2.30. The minimum atomic E-state index is 0.0777. The van der Waals surface area contributed by atoms with E-state index in [9.17, 15) is 4.79 Å². The van der Waals surface area contributed by atoms with Crippen molar-refractivity contribution in [3.63, 3.8) is 0 Å². The van der Waals surface area contributed by atoms with Gasteiger partial charge in [-0.25, -0.2) is 4.98 Å². The Hall–Kier alpha value is -1.82. The molecule has 1 aliphatic heterocycles. The predicted molar refractivity (Wildman–Crippen MR) is 85.2 cm³/mol. The highest BCUT2D eigenvalue weighted by Crippen LogP contribution is 2.36. The zero-order valence-electron chi connectivity index (χ0n) is 12.5. The molecule has 0 bridgehead atoms. The van der Waals surface area contributed by atoms with Crippen LogP contribution in [-0.2, 0) is 4.79 Å². The Balaban J connectivity index is 1.84. The number of para-hydroxylation sites is 1. The highest BCUT2D eigenvalue weighted by molar-refractivity contribution is 7.22. The highest BCUT2D eigenvalue weighted by atomic mass is 32.1. The number of nitrogens with zero attached hydrogens (tertiary/aromatic N) is 3. The minimum absolute atomic E-state index is 0.0777. The molecular formula is C15H19N3O2S. The van der Waals surface area contributed by atoms with E-state index in [1.807, 2.05) is 26.2 Å². The van der Waals surface area contributed by atoms with Crippen molar-refractivity contribution in [2.75, 3.05) is 39.2 Å². The first-order valence-corrected chi connectivity index (χ1v) is 7.81. The molecule has 0 spiro atoms. The molecule has 1 fully saturated rings. The molecule has 3 rings (SSSR count). The second-order valence-corrected chi connectivity index (χ2v) is 6.48. The van der Waals surface area contributed by atoms with E-state index in [1.165, 1.54) is 0 Å². The molecule has 1 aromatic carbocycles. The SMILES string of the molecule is COc1cccc2sc(N3CCC(C(=O)N(C)C)C3)nc12. The number of anilines is 1. The van der Waals surface area contributed by atoms with Crippen molar-refractivity contribution >= 4 is 32.6 Å². The third-order valence-electron chi connectivity index (χ3n) is 3.84. The summed E-state index contributed by atoms with van der Waals surface area (Å²) in [6.45, 7) is 1.63. The van der Waals surface area contributed by atoms with Crippen molar-refractivity contribution in [2.24, 2.45) is 5.92 Å². The lowest BCUT2D eigenvalue weighted by Gasteiger charge is -2.17. The monoisotopic (exact) mass is 305 g/mol. The molecular weight excluding hydrogens is 286 g/mol. The van der Waals surface area contributed by atoms with E-state index in [-0.39, 0.29) is 11.8 Å². The number of amides is 1. The first kappa shape index (κ1) is 14.1. The number of ether oxygens (including phenoxy) is 1. The van der Waals surface area contributed by atoms with Crippen LogP contribution in [0.1, 0.15) is 6.42 Å². The molecule has 1 saturated heterocycles. The van der Waals surface area contributed by atoms with Gasteiger partial charge < -0.3 is 14.5 Å². The van der Waals surface area contributed by atoms with Crippen LogP contribution in [0.4, 0.5) is 5.13 Å². The van der Waals surface area contributed by atoms with E-state index in [2.05, 4.69) is 11.0 Å². The number of benzene rings is 1. The van der Waals surface area contributed by atoms with Crippen LogP contribution in [-0.4, -0.2) is 50.1 Å². The van der Waals surface area contributed by atoms with Gasteiger partial charge in [-0.1, -0.05) is 17.4 Å². The topological polar surface area (TPSA) is 45.7 Å². The summed E-state index contributed by atoms with van der Waals surface area (Å²) < 4.78 is 6.48. The van der Waals surface area contributed by atoms with Crippen LogP contribution in [0.15, 0.2) is 18.2 Å². The van der Waals surface area contributed by atoms with Crippen LogP contribution in [0, 0.1) is 5.92 Å². The normalized spacial score (nSPS) is 18.2. The van der Waals surface area contributed by atoms with Gasteiger partial charge in [0.25, 0.3) is 0 Å². The average Bonchev–Trinajstić information content (AvgIpc) is 3.11. The minimum Gasteiger partial charge on any atom is -0.494 e. The summed E-state index contributed by atoms with van der Waals surface area (Å²) in [5.41, 5.74) is 0.905. The van der Waals surface area contributed by atoms with Gasteiger partial charge in [-0.15, -0.1) is 0 Å². The molecule has 0 radical (unpaired) electrons. The Morgan fingerprint density at radius 1 is 1.48 bits per heavy atom. The lowest BCUT2D eigenvalue weighted by Crippen LogP contribution is -2.31. The van der Waals surface area contributed by atoms with Crippen molar-refractivity contribution in [1.82, 2.24) is 9.88 Å². The van der Waals surface area contributed by atoms with Gasteiger partial charge in [-0.05, 0) is 18.6 Å². The number of hydrogen-bond donors (Lipinski definition) is 0. The van der Waals surface area contributed by atoms with E-state index in [0.29, 0.717) is 0 Å². The van der Waals surface area contributed by atoms with Gasteiger partial charge in [0.2, 0.25) is 5.91 Å². The second kappa shape index (κ2) is 5.52. The summed E-state index contributed by atoms with van der Waals surface area (Å²) in [5, 5.41) is 0.976. The largest absolute Gasteiger partial charge is 0.494 e. The van der Waals surface area contributed by atoms with Crippen LogP contribution >= 0.6 is 11.3 Å². The van der Waals surface area contributed by atoms with E-state index < -0.39 is 0 Å². The maximum absolute atomic E-state index is 12.1. The van der Waals surface area contributed by atoms with E-state index in [1.54, 1.807) is 23.3 Å². The van der Waals surface area contributed by atoms with Crippen molar-refractivity contribution in [3.8, 4) is 5.75 Å². The summed E-state index contributed by atoms with van der Waals surface area (Å²) in [7, 11) is 5.29. The number of aromatic nitrogens is 1. The molecule has 1 aliphatic rings. The van der Waals surface area contributed by atoms with Crippen LogP contribution in [0.25, 0.3) is 10.2 Å². The van der Waals surface area contributed by atoms with E-state index >= 15 is 0 Å². The van der Waals surface area contributed by atoms with Crippen molar-refractivity contribution in [3.05, 3.63) is 18.2 Å². The van der Waals surface area contributed by atoms with Crippen LogP contribution in [0.2, 0.25) is 0 Å². The van der Waals surface area contributed by atoms with Crippen LogP contribution in [0.3, 0.4) is 0 Å². The quantitative estimate of drug-likeness (QED) is 0.872. The van der Waals surface area contributed by atoms with Crippen molar-refractivity contribution in [1.29, 1.82) is 0 Å². The molecule has 0 aliphatic carbocycles. The van der Waals surface area contributed by atoms with Crippen molar-refractivity contribution in [2.45, 2.75) is 6.42 Å². The molecule has 0 saturated carbocycles. The lowest BCUT2D eigenvalue weighted by molar-refractivity contribution is -0.132. The summed E-state index contributed by atoms with van der Waals surface area (Å²) in [6.07, 6.45) is 0.893. The number of fused-ring (bicyclic) bond motifs is 1. The van der Waals surface area contributed by atoms with Crippen LogP contribution < -0.4 is 9.64 Å². The summed E-state index contributed by atoms with van der Waals surface area (Å²) in [6, 6.07) is 5.96. The zero-order valence-corrected chi connectivity index (χ0v) is 13.3. The number of rotatable bonds is 3. The van der Waals surface area contributed by atoms with E-state index in [4.69, 9.17) is 9.72 Å². The predicted octanol–water partition coefficient (Wildman–Crippen LogP) is 2.22. The third-order valence-corrected chi connectivity index (χ3v) is 4.92. The number of hydrogen-bond acceptors (Lipinski definition) is 5. The lowest BCUT2D eigenvalue weighted by atomic mass is 10.1. The Labute approximate surface area is 128 Å². The Morgan fingerprint density at radius 2 is 2.29 bits per heavy atom. The maximum atomic E-state index is 12.1. The average molecular weight is 305 g/mol. The van der Waals surface area contributed by atoms with Gasteiger partial charge in [0, 0.05) is 27.2 Å². The third kappa shape index (κ3) is 2.55. The molecule has 1 aromatic heterocycles. The standard InChI is InChI=1S/C15H19N3O2S/c1-17(2)14(19)10-7-8-18(9-10)15-16-13-11(20-3)5-4-6-12(13)21-15/h4-6,10H,7-9H2,1-3H3. The summed E-state index contributed by atoms with van der Waals surface area (Å²) in [4.78, 5) is 20.6. The second-order valence-electron chi connectivity index (χ2n) is 5.47. The first-order chi connectivity index (χ1) is 10.1. The van der Waals surface area contributed by atoms with Gasteiger partial charge >= 0.3 is 0 Å². The smallest absolute Gasteiger partial charge is 0.227 e. The number of carbonyl (C=O) groups is 1. The van der Waals surface area contributed by atoms with Gasteiger partial charge in [-0.3, -0.25) is 4.79 Å². The maximum Gasteiger partial charge on any atom is 0.227 e. The molecule has 1 atom stereocenters. The molecule has 112 valence electrons. The summed E-state index contributed by atoms with van der Waals surface area (Å²) in [5.74, 6) is 1.08. The molecule has 2 aromatic rings. The fraction of sp³-hybridized carbons (Fsp3) is 0.467. The molecule has 1 unspecified atom stereocenters. The van der Waals surface area contributed by atoms with Crippen molar-refractivity contribution < 1.29 is 9.53 Å². The zero-order chi connectivity index (χ0) is 15.0.